The van der Waals surface area contributed by atoms with Crippen LogP contribution in [0.1, 0.15) is 25.3 Å². The Bertz CT molecular complexity index is 885. The average Bonchev–Trinajstić information content (AvgIpc) is 2.67. The SMILES string of the molecule is COc1ccc(F)cc1S(=O)(=O)NCc1ccc(N2CCC[C@@H](C)C2)cc1. The first-order chi connectivity index (χ1) is 12.9. The van der Waals surface area contributed by atoms with E-state index in [1.165, 1.54) is 26.0 Å². The molecule has 1 atom stereocenters. The van der Waals surface area contributed by atoms with Crippen molar-refractivity contribution in [3.63, 3.8) is 0 Å². The molecule has 0 aromatic heterocycles. The first-order valence-electron chi connectivity index (χ1n) is 9.06. The normalized spacial score (nSPS) is 17.7. The number of nitrogens with zero attached hydrogens (tertiary/aromatic N) is 1. The van der Waals surface area contributed by atoms with Crippen molar-refractivity contribution in [1.82, 2.24) is 4.72 Å². The van der Waals surface area contributed by atoms with E-state index in [0.29, 0.717) is 5.92 Å². The highest BCUT2D eigenvalue weighted by molar-refractivity contribution is 7.89. The van der Waals surface area contributed by atoms with Crippen LogP contribution in [0.4, 0.5) is 10.1 Å². The van der Waals surface area contributed by atoms with E-state index in [1.807, 2.05) is 24.3 Å². The molecule has 0 aliphatic carbocycles. The van der Waals surface area contributed by atoms with E-state index < -0.39 is 15.8 Å². The second kappa shape index (κ2) is 8.27. The van der Waals surface area contributed by atoms with Crippen LogP contribution in [0.3, 0.4) is 0 Å². The highest BCUT2D eigenvalue weighted by atomic mass is 32.2. The molecule has 1 N–H and O–H groups in total. The lowest BCUT2D eigenvalue weighted by molar-refractivity contribution is 0.400. The van der Waals surface area contributed by atoms with E-state index in [0.717, 1.165) is 36.5 Å². The molecule has 1 saturated heterocycles. The van der Waals surface area contributed by atoms with E-state index in [-0.39, 0.29) is 17.2 Å². The molecule has 0 amide bonds. The van der Waals surface area contributed by atoms with Crippen molar-refractivity contribution in [2.45, 2.75) is 31.2 Å². The summed E-state index contributed by atoms with van der Waals surface area (Å²) < 4.78 is 46.1. The molecule has 2 aromatic carbocycles. The number of sulfonamides is 1. The average molecular weight is 392 g/mol. The monoisotopic (exact) mass is 392 g/mol. The lowest BCUT2D eigenvalue weighted by Gasteiger charge is -2.32. The minimum atomic E-state index is -3.89. The van der Waals surface area contributed by atoms with Gasteiger partial charge in [0.05, 0.1) is 7.11 Å². The summed E-state index contributed by atoms with van der Waals surface area (Å²) in [6, 6.07) is 11.3. The largest absolute Gasteiger partial charge is 0.495 e. The van der Waals surface area contributed by atoms with Gasteiger partial charge in [-0.1, -0.05) is 19.1 Å². The van der Waals surface area contributed by atoms with Crippen LogP contribution < -0.4 is 14.4 Å². The van der Waals surface area contributed by atoms with Gasteiger partial charge in [-0.05, 0) is 54.7 Å². The van der Waals surface area contributed by atoms with E-state index in [9.17, 15) is 12.8 Å². The summed E-state index contributed by atoms with van der Waals surface area (Å²) in [6.45, 7) is 4.48. The van der Waals surface area contributed by atoms with Gasteiger partial charge in [-0.15, -0.1) is 0 Å². The number of rotatable bonds is 6. The van der Waals surface area contributed by atoms with Gasteiger partial charge in [0.1, 0.15) is 16.5 Å². The molecule has 0 spiro atoms. The Morgan fingerprint density at radius 1 is 1.22 bits per heavy atom. The van der Waals surface area contributed by atoms with Crippen LogP contribution in [-0.2, 0) is 16.6 Å². The molecule has 5 nitrogen and oxygen atoms in total. The van der Waals surface area contributed by atoms with Crippen molar-refractivity contribution in [2.24, 2.45) is 5.92 Å². The van der Waals surface area contributed by atoms with Gasteiger partial charge in [-0.2, -0.15) is 0 Å². The Morgan fingerprint density at radius 3 is 2.63 bits per heavy atom. The minimum Gasteiger partial charge on any atom is -0.495 e. The molecule has 1 fully saturated rings. The maximum atomic E-state index is 13.5. The quantitative estimate of drug-likeness (QED) is 0.817. The highest BCUT2D eigenvalue weighted by Gasteiger charge is 2.20. The van der Waals surface area contributed by atoms with Crippen molar-refractivity contribution < 1.29 is 17.5 Å². The second-order valence-corrected chi connectivity index (χ2v) is 8.71. The Hall–Kier alpha value is -2.12. The number of methoxy groups -OCH3 is 1. The highest BCUT2D eigenvalue weighted by Crippen LogP contribution is 2.25. The molecular formula is C20H25FN2O3S. The van der Waals surface area contributed by atoms with E-state index >= 15 is 0 Å². The number of hydrogen-bond donors (Lipinski definition) is 1. The topological polar surface area (TPSA) is 58.6 Å². The molecule has 0 bridgehead atoms. The summed E-state index contributed by atoms with van der Waals surface area (Å²) >= 11 is 0. The summed E-state index contributed by atoms with van der Waals surface area (Å²) in [4.78, 5) is 2.16. The molecule has 2 aromatic rings. The zero-order chi connectivity index (χ0) is 19.4. The number of benzene rings is 2. The van der Waals surface area contributed by atoms with Gasteiger partial charge in [0, 0.05) is 25.3 Å². The van der Waals surface area contributed by atoms with Crippen LogP contribution in [-0.4, -0.2) is 28.6 Å². The summed E-state index contributed by atoms with van der Waals surface area (Å²) in [6.07, 6.45) is 2.46. The van der Waals surface area contributed by atoms with Gasteiger partial charge >= 0.3 is 0 Å². The molecule has 1 aliphatic heterocycles. The second-order valence-electron chi connectivity index (χ2n) is 6.98. The Labute approximate surface area is 160 Å². The van der Waals surface area contributed by atoms with Gasteiger partial charge in [-0.25, -0.2) is 17.5 Å². The fraction of sp³-hybridized carbons (Fsp3) is 0.400. The molecular weight excluding hydrogens is 367 g/mol. The summed E-state index contributed by atoms with van der Waals surface area (Å²) in [7, 11) is -2.53. The third-order valence-corrected chi connectivity index (χ3v) is 6.26. The molecule has 146 valence electrons. The standard InChI is InChI=1S/C20H25FN2O3S/c1-15-4-3-11-23(14-15)18-8-5-16(6-9-18)13-22-27(24,25)20-12-17(21)7-10-19(20)26-2/h5-10,12,15,22H,3-4,11,13-14H2,1-2H3/t15-/m1/s1. The van der Waals surface area contributed by atoms with Crippen LogP contribution in [0.25, 0.3) is 0 Å². The Morgan fingerprint density at radius 2 is 1.96 bits per heavy atom. The Kier molecular flexibility index (Phi) is 6.01. The van der Waals surface area contributed by atoms with Crippen LogP contribution >= 0.6 is 0 Å². The number of anilines is 1. The molecule has 3 rings (SSSR count). The van der Waals surface area contributed by atoms with Crippen LogP contribution in [0.5, 0.6) is 5.75 Å². The van der Waals surface area contributed by atoms with Gasteiger partial charge in [0.15, 0.2) is 0 Å². The first kappa shape index (κ1) is 19.6. The summed E-state index contributed by atoms with van der Waals surface area (Å²) in [5, 5.41) is 0. The van der Waals surface area contributed by atoms with Gasteiger partial charge < -0.3 is 9.64 Å². The smallest absolute Gasteiger partial charge is 0.244 e. The number of halogens is 1. The number of nitrogens with one attached hydrogen (secondary N) is 1. The van der Waals surface area contributed by atoms with Gasteiger partial charge in [-0.3, -0.25) is 0 Å². The van der Waals surface area contributed by atoms with E-state index in [4.69, 9.17) is 4.74 Å². The zero-order valence-corrected chi connectivity index (χ0v) is 16.4. The predicted molar refractivity (Wildman–Crippen MR) is 104 cm³/mol. The third kappa shape index (κ3) is 4.78. The van der Waals surface area contributed by atoms with Gasteiger partial charge in [0.2, 0.25) is 10.0 Å². The van der Waals surface area contributed by atoms with E-state index in [1.54, 1.807) is 0 Å². The molecule has 7 heteroatoms. The fourth-order valence-corrected chi connectivity index (χ4v) is 4.56. The van der Waals surface area contributed by atoms with E-state index in [2.05, 4.69) is 16.5 Å². The zero-order valence-electron chi connectivity index (χ0n) is 15.6. The van der Waals surface area contributed by atoms with Crippen LogP contribution in [0.15, 0.2) is 47.4 Å². The van der Waals surface area contributed by atoms with Crippen LogP contribution in [0.2, 0.25) is 0 Å². The van der Waals surface area contributed by atoms with Crippen molar-refractivity contribution in [3.05, 3.63) is 53.8 Å². The number of hydrogen-bond acceptors (Lipinski definition) is 4. The molecule has 0 unspecified atom stereocenters. The summed E-state index contributed by atoms with van der Waals surface area (Å²) in [5.74, 6) is 0.168. The minimum absolute atomic E-state index is 0.110. The lowest BCUT2D eigenvalue weighted by Crippen LogP contribution is -2.34. The maximum absolute atomic E-state index is 13.5. The predicted octanol–water partition coefficient (Wildman–Crippen LogP) is 3.55. The summed E-state index contributed by atoms with van der Waals surface area (Å²) in [5.41, 5.74) is 1.99. The van der Waals surface area contributed by atoms with Crippen molar-refractivity contribution in [3.8, 4) is 5.75 Å². The lowest BCUT2D eigenvalue weighted by atomic mass is 9.99. The number of piperidine rings is 1. The maximum Gasteiger partial charge on any atom is 0.244 e. The number of ether oxygens (including phenoxy) is 1. The van der Waals surface area contributed by atoms with Crippen molar-refractivity contribution in [1.29, 1.82) is 0 Å². The fourth-order valence-electron chi connectivity index (χ4n) is 3.37. The Balaban J connectivity index is 1.68. The molecule has 27 heavy (non-hydrogen) atoms. The third-order valence-electron chi connectivity index (χ3n) is 4.84. The van der Waals surface area contributed by atoms with Gasteiger partial charge in [0.25, 0.3) is 0 Å². The molecule has 1 heterocycles. The first-order valence-corrected chi connectivity index (χ1v) is 10.5. The molecule has 0 saturated carbocycles. The molecule has 0 radical (unpaired) electrons. The van der Waals surface area contributed by atoms with Crippen molar-refractivity contribution >= 4 is 15.7 Å². The molecule has 1 aliphatic rings. The van der Waals surface area contributed by atoms with Crippen molar-refractivity contribution in [2.75, 3.05) is 25.1 Å². The van der Waals surface area contributed by atoms with Crippen LogP contribution in [0, 0.1) is 11.7 Å².